The van der Waals surface area contributed by atoms with Crippen molar-refractivity contribution in [1.29, 1.82) is 0 Å². The molecule has 0 saturated carbocycles. The second-order valence-electron chi connectivity index (χ2n) is 5.25. The van der Waals surface area contributed by atoms with Crippen LogP contribution in [-0.4, -0.2) is 21.3 Å². The van der Waals surface area contributed by atoms with E-state index in [-0.39, 0.29) is 0 Å². The summed E-state index contributed by atoms with van der Waals surface area (Å²) in [4.78, 5) is 0. The highest BCUT2D eigenvalue weighted by Crippen LogP contribution is 2.31. The third kappa shape index (κ3) is 4.28. The third-order valence-electron chi connectivity index (χ3n) is 3.74. The van der Waals surface area contributed by atoms with E-state index in [1.54, 1.807) is 21.3 Å². The van der Waals surface area contributed by atoms with Gasteiger partial charge in [0.1, 0.15) is 17.2 Å². The minimum atomic E-state index is 0.802. The first-order valence-corrected chi connectivity index (χ1v) is 7.78. The fourth-order valence-corrected chi connectivity index (χ4v) is 2.51. The predicted molar refractivity (Wildman–Crippen MR) is 95.5 cm³/mol. The monoisotopic (exact) mass is 312 g/mol. The number of rotatable bonds is 7. The highest BCUT2D eigenvalue weighted by atomic mass is 16.5. The molecule has 0 unspecified atom stereocenters. The molecule has 0 radical (unpaired) electrons. The minimum Gasteiger partial charge on any atom is -0.497 e. The SMILES string of the molecule is CCCc1c(C=Cc2ccc(OC)cc2)cc(OC)cc1OC. The fourth-order valence-electron chi connectivity index (χ4n) is 2.51. The Morgan fingerprint density at radius 3 is 2.09 bits per heavy atom. The Bertz CT molecular complexity index is 657. The Morgan fingerprint density at radius 1 is 0.826 bits per heavy atom. The van der Waals surface area contributed by atoms with Crippen LogP contribution in [0.2, 0.25) is 0 Å². The first kappa shape index (κ1) is 16.9. The molecule has 2 aromatic carbocycles. The minimum absolute atomic E-state index is 0.802. The van der Waals surface area contributed by atoms with Crippen molar-refractivity contribution >= 4 is 12.2 Å². The molecular formula is C20H24O3. The summed E-state index contributed by atoms with van der Waals surface area (Å²) in [6, 6.07) is 12.0. The van der Waals surface area contributed by atoms with Gasteiger partial charge >= 0.3 is 0 Å². The Labute approximate surface area is 138 Å². The van der Waals surface area contributed by atoms with Gasteiger partial charge in [-0.1, -0.05) is 37.6 Å². The molecular weight excluding hydrogens is 288 g/mol. The maximum Gasteiger partial charge on any atom is 0.126 e. The van der Waals surface area contributed by atoms with Crippen LogP contribution in [-0.2, 0) is 6.42 Å². The first-order chi connectivity index (χ1) is 11.2. The highest BCUT2D eigenvalue weighted by Gasteiger charge is 2.09. The van der Waals surface area contributed by atoms with Gasteiger partial charge in [0.05, 0.1) is 21.3 Å². The van der Waals surface area contributed by atoms with Crippen molar-refractivity contribution in [3.05, 3.63) is 53.1 Å². The largest absolute Gasteiger partial charge is 0.497 e. The third-order valence-corrected chi connectivity index (χ3v) is 3.74. The molecule has 0 aromatic heterocycles. The van der Waals surface area contributed by atoms with Crippen LogP contribution in [0.25, 0.3) is 12.2 Å². The Hall–Kier alpha value is -2.42. The lowest BCUT2D eigenvalue weighted by Gasteiger charge is -2.13. The molecule has 23 heavy (non-hydrogen) atoms. The average Bonchev–Trinajstić information content (AvgIpc) is 2.61. The highest BCUT2D eigenvalue weighted by molar-refractivity contribution is 5.73. The van der Waals surface area contributed by atoms with E-state index >= 15 is 0 Å². The molecule has 0 atom stereocenters. The zero-order valence-electron chi connectivity index (χ0n) is 14.3. The lowest BCUT2D eigenvalue weighted by molar-refractivity contribution is 0.390. The summed E-state index contributed by atoms with van der Waals surface area (Å²) in [5, 5.41) is 0. The fraction of sp³-hybridized carbons (Fsp3) is 0.300. The topological polar surface area (TPSA) is 27.7 Å². The van der Waals surface area contributed by atoms with Gasteiger partial charge in [0.25, 0.3) is 0 Å². The van der Waals surface area contributed by atoms with Crippen molar-refractivity contribution in [1.82, 2.24) is 0 Å². The Morgan fingerprint density at radius 2 is 1.52 bits per heavy atom. The van der Waals surface area contributed by atoms with Gasteiger partial charge in [-0.3, -0.25) is 0 Å². The van der Waals surface area contributed by atoms with E-state index in [4.69, 9.17) is 14.2 Å². The van der Waals surface area contributed by atoms with Crippen LogP contribution >= 0.6 is 0 Å². The van der Waals surface area contributed by atoms with E-state index in [0.717, 1.165) is 41.2 Å². The molecule has 3 heteroatoms. The first-order valence-electron chi connectivity index (χ1n) is 7.78. The zero-order valence-corrected chi connectivity index (χ0v) is 14.3. The standard InChI is InChI=1S/C20H24O3/c1-5-6-19-16(13-18(22-3)14-20(19)23-4)10-7-15-8-11-17(21-2)12-9-15/h7-14H,5-6H2,1-4H3. The molecule has 0 heterocycles. The van der Waals surface area contributed by atoms with Crippen LogP contribution < -0.4 is 14.2 Å². The average molecular weight is 312 g/mol. The van der Waals surface area contributed by atoms with E-state index in [9.17, 15) is 0 Å². The molecule has 0 aliphatic rings. The van der Waals surface area contributed by atoms with E-state index in [1.807, 2.05) is 36.4 Å². The van der Waals surface area contributed by atoms with Crippen LogP contribution in [0.5, 0.6) is 17.2 Å². The molecule has 0 saturated heterocycles. The number of benzene rings is 2. The van der Waals surface area contributed by atoms with Gasteiger partial charge in [0.15, 0.2) is 0 Å². The van der Waals surface area contributed by atoms with Crippen LogP contribution in [0.1, 0.15) is 30.0 Å². The molecule has 0 spiro atoms. The molecule has 0 fully saturated rings. The lowest BCUT2D eigenvalue weighted by atomic mass is 10.00. The Kier molecular flexibility index (Phi) is 6.10. The molecule has 2 aromatic rings. The summed E-state index contributed by atoms with van der Waals surface area (Å²) in [6.45, 7) is 2.17. The normalized spacial score (nSPS) is 10.8. The van der Waals surface area contributed by atoms with Gasteiger partial charge in [-0.2, -0.15) is 0 Å². The molecule has 0 N–H and O–H groups in total. The van der Waals surface area contributed by atoms with Crippen LogP contribution in [0.4, 0.5) is 0 Å². The summed E-state index contributed by atoms with van der Waals surface area (Å²) < 4.78 is 16.1. The van der Waals surface area contributed by atoms with Gasteiger partial charge in [0, 0.05) is 11.6 Å². The van der Waals surface area contributed by atoms with Crippen LogP contribution in [0.15, 0.2) is 36.4 Å². The molecule has 0 aliphatic carbocycles. The summed E-state index contributed by atoms with van der Waals surface area (Å²) in [5.41, 5.74) is 3.45. The number of methoxy groups -OCH3 is 3. The van der Waals surface area contributed by atoms with Gasteiger partial charge in [0.2, 0.25) is 0 Å². The lowest BCUT2D eigenvalue weighted by Crippen LogP contribution is -1.97. The van der Waals surface area contributed by atoms with E-state index in [0.29, 0.717) is 0 Å². The molecule has 0 amide bonds. The summed E-state index contributed by atoms with van der Waals surface area (Å²) in [6.07, 6.45) is 6.23. The summed E-state index contributed by atoms with van der Waals surface area (Å²) in [5.74, 6) is 2.54. The number of hydrogen-bond acceptors (Lipinski definition) is 3. The van der Waals surface area contributed by atoms with Crippen LogP contribution in [0, 0.1) is 0 Å². The van der Waals surface area contributed by atoms with Crippen LogP contribution in [0.3, 0.4) is 0 Å². The van der Waals surface area contributed by atoms with Crippen molar-refractivity contribution < 1.29 is 14.2 Å². The second kappa shape index (κ2) is 8.28. The number of ether oxygens (including phenoxy) is 3. The van der Waals surface area contributed by atoms with Crippen molar-refractivity contribution in [2.24, 2.45) is 0 Å². The van der Waals surface area contributed by atoms with Gasteiger partial charge in [-0.25, -0.2) is 0 Å². The van der Waals surface area contributed by atoms with Crippen molar-refractivity contribution in [2.45, 2.75) is 19.8 Å². The molecule has 2 rings (SSSR count). The van der Waals surface area contributed by atoms with Crippen molar-refractivity contribution in [3.63, 3.8) is 0 Å². The van der Waals surface area contributed by atoms with Crippen molar-refractivity contribution in [2.75, 3.05) is 21.3 Å². The molecule has 0 aliphatic heterocycles. The maximum absolute atomic E-state index is 5.53. The molecule has 3 nitrogen and oxygen atoms in total. The van der Waals surface area contributed by atoms with Gasteiger partial charge in [-0.15, -0.1) is 0 Å². The number of hydrogen-bond donors (Lipinski definition) is 0. The van der Waals surface area contributed by atoms with E-state index < -0.39 is 0 Å². The summed E-state index contributed by atoms with van der Waals surface area (Å²) in [7, 11) is 5.04. The zero-order chi connectivity index (χ0) is 16.7. The quantitative estimate of drug-likeness (QED) is 0.685. The maximum atomic E-state index is 5.53. The van der Waals surface area contributed by atoms with Gasteiger partial charge < -0.3 is 14.2 Å². The van der Waals surface area contributed by atoms with E-state index in [1.165, 1.54) is 5.56 Å². The Balaban J connectivity index is 2.37. The second-order valence-corrected chi connectivity index (χ2v) is 5.25. The molecule has 0 bridgehead atoms. The molecule has 122 valence electrons. The summed E-state index contributed by atoms with van der Waals surface area (Å²) >= 11 is 0. The van der Waals surface area contributed by atoms with Gasteiger partial charge in [-0.05, 0) is 35.7 Å². The van der Waals surface area contributed by atoms with Crippen molar-refractivity contribution in [3.8, 4) is 17.2 Å². The predicted octanol–water partition coefficient (Wildman–Crippen LogP) is 4.84. The van der Waals surface area contributed by atoms with E-state index in [2.05, 4.69) is 19.1 Å². The smallest absolute Gasteiger partial charge is 0.126 e.